The number of hydrogen-bond acceptors (Lipinski definition) is 3. The van der Waals surface area contributed by atoms with Gasteiger partial charge in [0.15, 0.2) is 0 Å². The van der Waals surface area contributed by atoms with Crippen molar-refractivity contribution in [2.75, 3.05) is 12.3 Å². The van der Waals surface area contributed by atoms with E-state index in [2.05, 4.69) is 11.9 Å². The summed E-state index contributed by atoms with van der Waals surface area (Å²) < 4.78 is 28.8. The number of unbranched alkanes of at least 4 members (excludes halogenated alkanes) is 1. The van der Waals surface area contributed by atoms with E-state index in [0.717, 1.165) is 6.08 Å². The summed E-state index contributed by atoms with van der Waals surface area (Å²) in [6, 6.07) is 0. The van der Waals surface area contributed by atoms with Gasteiger partial charge in [-0.1, -0.05) is 13.0 Å². The third-order valence-electron chi connectivity index (χ3n) is 1.25. The van der Waals surface area contributed by atoms with Crippen LogP contribution in [0.2, 0.25) is 0 Å². The number of hydrogen-bond donors (Lipinski definition) is 1. The standard InChI is InChI=1S/C7H13NO4S.Na/c1-2-7(9)8-5-3-4-6-13(10,11)12;/h2H,1,3-6H2,(H2,8,9,10,11,12);/q;+1/p-1. The molecule has 14 heavy (non-hydrogen) atoms. The van der Waals surface area contributed by atoms with Crippen molar-refractivity contribution in [3.8, 4) is 0 Å². The predicted molar refractivity (Wildman–Crippen MR) is 49.1 cm³/mol. The topological polar surface area (TPSA) is 85.5 Å². The Morgan fingerprint density at radius 2 is 2.00 bits per heavy atom. The van der Waals surface area contributed by atoms with Crippen molar-refractivity contribution < 1.29 is 47.3 Å². The molecule has 0 saturated heterocycles. The Hall–Kier alpha value is 0.120. The second kappa shape index (κ2) is 8.43. The van der Waals surface area contributed by atoms with Crippen LogP contribution in [0.3, 0.4) is 0 Å². The SMILES string of the molecule is C=CC(=O)[N-]CCCCS(=O)(=O)O.[Na+]. The monoisotopic (exact) mass is 229 g/mol. The molecule has 0 rings (SSSR count). The van der Waals surface area contributed by atoms with Crippen LogP contribution in [-0.2, 0) is 14.9 Å². The minimum atomic E-state index is -3.88. The molecule has 0 aromatic heterocycles. The quantitative estimate of drug-likeness (QED) is 0.241. The Balaban J connectivity index is 0. The van der Waals surface area contributed by atoms with Gasteiger partial charge in [0.25, 0.3) is 10.1 Å². The molecule has 0 aromatic rings. The summed E-state index contributed by atoms with van der Waals surface area (Å²) in [5.74, 6) is -0.697. The summed E-state index contributed by atoms with van der Waals surface area (Å²) in [6.07, 6.45) is 1.84. The Morgan fingerprint density at radius 1 is 1.43 bits per heavy atom. The molecule has 0 atom stereocenters. The van der Waals surface area contributed by atoms with Gasteiger partial charge in [-0.05, 0) is 12.5 Å². The normalized spacial score (nSPS) is 10.1. The third-order valence-corrected chi connectivity index (χ3v) is 2.06. The van der Waals surface area contributed by atoms with Gasteiger partial charge in [-0.3, -0.25) is 4.55 Å². The molecular formula is C7H12NNaO4S. The van der Waals surface area contributed by atoms with E-state index in [1.165, 1.54) is 0 Å². The van der Waals surface area contributed by atoms with Crippen molar-refractivity contribution in [1.82, 2.24) is 0 Å². The van der Waals surface area contributed by atoms with Crippen LogP contribution in [0.25, 0.3) is 5.32 Å². The molecule has 1 N–H and O–H groups in total. The molecule has 0 heterocycles. The summed E-state index contributed by atoms with van der Waals surface area (Å²) in [7, 11) is -3.88. The summed E-state index contributed by atoms with van der Waals surface area (Å²) in [4.78, 5) is 10.5. The van der Waals surface area contributed by atoms with E-state index in [9.17, 15) is 13.2 Å². The van der Waals surface area contributed by atoms with Crippen molar-refractivity contribution >= 4 is 16.0 Å². The molecule has 0 aliphatic rings. The van der Waals surface area contributed by atoms with Gasteiger partial charge in [-0.15, -0.1) is 6.54 Å². The van der Waals surface area contributed by atoms with Gasteiger partial charge < -0.3 is 10.1 Å². The van der Waals surface area contributed by atoms with Crippen LogP contribution in [-0.4, -0.2) is 31.2 Å². The molecule has 7 heteroatoms. The van der Waals surface area contributed by atoms with E-state index < -0.39 is 16.0 Å². The van der Waals surface area contributed by atoms with E-state index in [-0.39, 0.29) is 41.9 Å². The van der Waals surface area contributed by atoms with Gasteiger partial charge in [0.1, 0.15) is 0 Å². The van der Waals surface area contributed by atoms with E-state index >= 15 is 0 Å². The first-order chi connectivity index (χ1) is 5.95. The molecule has 0 bridgehead atoms. The minimum Gasteiger partial charge on any atom is -0.650 e. The fourth-order valence-corrected chi connectivity index (χ4v) is 1.22. The maximum atomic E-state index is 10.5. The third kappa shape index (κ3) is 12.1. The summed E-state index contributed by atoms with van der Waals surface area (Å²) >= 11 is 0. The van der Waals surface area contributed by atoms with Crippen molar-refractivity contribution in [3.63, 3.8) is 0 Å². The van der Waals surface area contributed by atoms with Crippen molar-refractivity contribution in [2.24, 2.45) is 0 Å². The summed E-state index contributed by atoms with van der Waals surface area (Å²) in [5.41, 5.74) is 0. The van der Waals surface area contributed by atoms with E-state index in [0.29, 0.717) is 12.8 Å². The fourth-order valence-electron chi connectivity index (χ4n) is 0.650. The first-order valence-corrected chi connectivity index (χ1v) is 5.35. The molecule has 0 unspecified atom stereocenters. The average molecular weight is 229 g/mol. The van der Waals surface area contributed by atoms with Gasteiger partial charge in [-0.25, -0.2) is 0 Å². The van der Waals surface area contributed by atoms with Crippen LogP contribution in [0.4, 0.5) is 0 Å². The Bertz CT molecular complexity index is 275. The van der Waals surface area contributed by atoms with Gasteiger partial charge in [0.2, 0.25) is 0 Å². The molecule has 0 spiro atoms. The molecule has 0 saturated carbocycles. The molecule has 1 amide bonds. The largest absolute Gasteiger partial charge is 1.00 e. The Morgan fingerprint density at radius 3 is 2.43 bits per heavy atom. The van der Waals surface area contributed by atoms with Gasteiger partial charge in [0, 0.05) is 0 Å². The second-order valence-corrected chi connectivity index (χ2v) is 3.99. The molecule has 0 aromatic carbocycles. The number of rotatable bonds is 6. The van der Waals surface area contributed by atoms with Crippen molar-refractivity contribution in [2.45, 2.75) is 12.8 Å². The van der Waals surface area contributed by atoms with E-state index in [1.54, 1.807) is 0 Å². The smallest absolute Gasteiger partial charge is 0.650 e. The second-order valence-electron chi connectivity index (χ2n) is 2.42. The number of nitrogens with zero attached hydrogens (tertiary/aromatic N) is 1. The molecule has 76 valence electrons. The van der Waals surface area contributed by atoms with Crippen molar-refractivity contribution in [3.05, 3.63) is 18.0 Å². The van der Waals surface area contributed by atoms with Gasteiger partial charge in [-0.2, -0.15) is 8.42 Å². The van der Waals surface area contributed by atoms with Crippen molar-refractivity contribution in [1.29, 1.82) is 0 Å². The molecule has 0 aliphatic carbocycles. The Kier molecular flexibility index (Phi) is 9.96. The number of carbonyl (C=O) groups excluding carboxylic acids is 1. The van der Waals surface area contributed by atoms with Gasteiger partial charge in [0.05, 0.1) is 11.7 Å². The van der Waals surface area contributed by atoms with Crippen LogP contribution in [0.5, 0.6) is 0 Å². The van der Waals surface area contributed by atoms with Crippen LogP contribution in [0.15, 0.2) is 12.7 Å². The molecule has 0 radical (unpaired) electrons. The van der Waals surface area contributed by atoms with E-state index in [4.69, 9.17) is 4.55 Å². The first kappa shape index (κ1) is 16.5. The molecule has 5 nitrogen and oxygen atoms in total. The fraction of sp³-hybridized carbons (Fsp3) is 0.571. The maximum Gasteiger partial charge on any atom is 1.00 e. The summed E-state index contributed by atoms with van der Waals surface area (Å²) in [5, 5.41) is 3.53. The minimum absolute atomic E-state index is 0. The zero-order chi connectivity index (χ0) is 10.3. The molecule has 0 aliphatic heterocycles. The zero-order valence-electron chi connectivity index (χ0n) is 8.14. The van der Waals surface area contributed by atoms with Gasteiger partial charge >= 0.3 is 29.6 Å². The number of carbonyl (C=O) groups is 1. The average Bonchev–Trinajstić information content (AvgIpc) is 2.01. The first-order valence-electron chi connectivity index (χ1n) is 3.75. The molecule has 0 fully saturated rings. The maximum absolute atomic E-state index is 10.5. The zero-order valence-corrected chi connectivity index (χ0v) is 11.0. The van der Waals surface area contributed by atoms with Crippen LogP contribution in [0.1, 0.15) is 12.8 Å². The Labute approximate surface area is 106 Å². The predicted octanol–water partition coefficient (Wildman–Crippen LogP) is -2.26. The molecular weight excluding hydrogens is 217 g/mol. The van der Waals surface area contributed by atoms with E-state index in [1.807, 2.05) is 0 Å². The number of amides is 1. The van der Waals surface area contributed by atoms with Crippen LogP contribution >= 0.6 is 0 Å². The summed E-state index contributed by atoms with van der Waals surface area (Å²) in [6.45, 7) is 3.48. The van der Waals surface area contributed by atoms with Crippen LogP contribution < -0.4 is 29.6 Å². The van der Waals surface area contributed by atoms with Crippen LogP contribution in [0, 0.1) is 0 Å².